The van der Waals surface area contributed by atoms with Crippen molar-refractivity contribution in [3.8, 4) is 0 Å². The van der Waals surface area contributed by atoms with Gasteiger partial charge < -0.3 is 15.3 Å². The molecule has 0 aromatic carbocycles. The van der Waals surface area contributed by atoms with Crippen LogP contribution in [0.15, 0.2) is 0 Å². The molecule has 4 atom stereocenters. The first-order valence-electron chi connectivity index (χ1n) is 5.28. The zero-order chi connectivity index (χ0) is 10.3. The summed E-state index contributed by atoms with van der Waals surface area (Å²) < 4.78 is 0. The Balaban J connectivity index is 2.02. The fourth-order valence-corrected chi connectivity index (χ4v) is 3.12. The normalized spacial score (nSPS) is 41.4. The van der Waals surface area contributed by atoms with Crippen LogP contribution in [0.5, 0.6) is 0 Å². The maximum Gasteiger partial charge on any atom is 0.407 e. The minimum Gasteiger partial charge on any atom is -0.465 e. The Kier molecular flexibility index (Phi) is 2.39. The summed E-state index contributed by atoms with van der Waals surface area (Å²) >= 11 is 0. The third kappa shape index (κ3) is 1.38. The topological polar surface area (TPSA) is 52.6 Å². The molecule has 1 heterocycles. The number of carboxylic acid groups (broad SMARTS) is 1. The minimum atomic E-state index is -0.757. The van der Waals surface area contributed by atoms with E-state index in [4.69, 9.17) is 5.11 Å². The molecule has 2 fully saturated rings. The molecule has 1 aliphatic heterocycles. The average molecular weight is 198 g/mol. The number of nitrogens with zero attached hydrogens (tertiary/aromatic N) is 1. The maximum absolute atomic E-state index is 10.8. The van der Waals surface area contributed by atoms with Crippen LogP contribution >= 0.6 is 0 Å². The van der Waals surface area contributed by atoms with E-state index < -0.39 is 6.09 Å². The summed E-state index contributed by atoms with van der Waals surface area (Å²) in [6, 6.07) is 0.584. The number of hydrogen-bond donors (Lipinski definition) is 2. The number of carbonyl (C=O) groups is 1. The van der Waals surface area contributed by atoms with Gasteiger partial charge in [0, 0.05) is 19.1 Å². The molecule has 2 N–H and O–H groups in total. The lowest BCUT2D eigenvalue weighted by atomic mass is 9.93. The lowest BCUT2D eigenvalue weighted by Gasteiger charge is -2.21. The second kappa shape index (κ2) is 3.42. The molecule has 0 aromatic heterocycles. The second-order valence-electron chi connectivity index (χ2n) is 4.60. The third-order valence-corrected chi connectivity index (χ3v) is 4.00. The van der Waals surface area contributed by atoms with E-state index in [-0.39, 0.29) is 0 Å². The summed E-state index contributed by atoms with van der Waals surface area (Å²) in [5, 5.41) is 12.2. The van der Waals surface area contributed by atoms with Crippen molar-refractivity contribution in [2.75, 3.05) is 20.1 Å². The molecule has 0 aromatic rings. The molecular formula is C10H18N2O2. The van der Waals surface area contributed by atoms with Gasteiger partial charge in [-0.05, 0) is 31.2 Å². The molecule has 4 unspecified atom stereocenters. The highest BCUT2D eigenvalue weighted by molar-refractivity contribution is 5.65. The van der Waals surface area contributed by atoms with Crippen LogP contribution in [0.3, 0.4) is 0 Å². The van der Waals surface area contributed by atoms with Crippen LogP contribution in [-0.4, -0.2) is 42.3 Å². The van der Waals surface area contributed by atoms with Crippen molar-refractivity contribution in [1.29, 1.82) is 0 Å². The quantitative estimate of drug-likeness (QED) is 0.656. The number of hydrogen-bond acceptors (Lipinski definition) is 2. The van der Waals surface area contributed by atoms with Crippen molar-refractivity contribution in [3.05, 3.63) is 0 Å². The Morgan fingerprint density at radius 3 is 2.71 bits per heavy atom. The van der Waals surface area contributed by atoms with Crippen molar-refractivity contribution in [2.24, 2.45) is 17.8 Å². The van der Waals surface area contributed by atoms with Crippen LogP contribution in [-0.2, 0) is 0 Å². The van der Waals surface area contributed by atoms with E-state index in [0.29, 0.717) is 23.8 Å². The Morgan fingerprint density at radius 2 is 2.21 bits per heavy atom. The van der Waals surface area contributed by atoms with Gasteiger partial charge in [-0.3, -0.25) is 0 Å². The molecule has 2 aliphatic rings. The van der Waals surface area contributed by atoms with Crippen LogP contribution in [0.4, 0.5) is 4.79 Å². The van der Waals surface area contributed by atoms with Crippen molar-refractivity contribution in [1.82, 2.24) is 10.2 Å². The van der Waals surface area contributed by atoms with E-state index in [2.05, 4.69) is 12.2 Å². The fourth-order valence-electron chi connectivity index (χ4n) is 3.12. The molecule has 2 rings (SSSR count). The van der Waals surface area contributed by atoms with Gasteiger partial charge in [-0.15, -0.1) is 0 Å². The summed E-state index contributed by atoms with van der Waals surface area (Å²) in [6.07, 6.45) is 0.374. The molecule has 1 amide bonds. The van der Waals surface area contributed by atoms with Crippen LogP contribution in [0.1, 0.15) is 13.3 Å². The number of likely N-dealkylation sites (tertiary alicyclic amines) is 1. The maximum atomic E-state index is 10.8. The van der Waals surface area contributed by atoms with Gasteiger partial charge in [0.25, 0.3) is 0 Å². The van der Waals surface area contributed by atoms with Crippen LogP contribution < -0.4 is 5.32 Å². The monoisotopic (exact) mass is 198 g/mol. The Labute approximate surface area is 84.3 Å². The average Bonchev–Trinajstić information content (AvgIpc) is 2.66. The van der Waals surface area contributed by atoms with E-state index in [1.807, 2.05) is 7.05 Å². The highest BCUT2D eigenvalue weighted by atomic mass is 16.4. The van der Waals surface area contributed by atoms with Crippen molar-refractivity contribution in [2.45, 2.75) is 19.4 Å². The van der Waals surface area contributed by atoms with E-state index in [1.54, 1.807) is 4.90 Å². The van der Waals surface area contributed by atoms with Crippen LogP contribution in [0.25, 0.3) is 0 Å². The Morgan fingerprint density at radius 1 is 1.50 bits per heavy atom. The molecule has 1 saturated heterocycles. The first kappa shape index (κ1) is 9.77. The summed E-state index contributed by atoms with van der Waals surface area (Å²) in [6.45, 7) is 3.71. The van der Waals surface area contributed by atoms with Crippen molar-refractivity contribution < 1.29 is 9.90 Å². The number of amides is 1. The van der Waals surface area contributed by atoms with Gasteiger partial charge in [0.2, 0.25) is 0 Å². The molecule has 14 heavy (non-hydrogen) atoms. The first-order chi connectivity index (χ1) is 6.63. The van der Waals surface area contributed by atoms with E-state index in [9.17, 15) is 4.79 Å². The van der Waals surface area contributed by atoms with Gasteiger partial charge >= 0.3 is 6.09 Å². The minimum absolute atomic E-state index is 0.573. The van der Waals surface area contributed by atoms with Gasteiger partial charge in [-0.2, -0.15) is 0 Å². The van der Waals surface area contributed by atoms with Gasteiger partial charge in [-0.25, -0.2) is 4.79 Å². The van der Waals surface area contributed by atoms with E-state index >= 15 is 0 Å². The number of nitrogens with one attached hydrogen (secondary N) is 1. The lowest BCUT2D eigenvalue weighted by molar-refractivity contribution is 0.150. The molecule has 0 bridgehead atoms. The van der Waals surface area contributed by atoms with Gasteiger partial charge in [-0.1, -0.05) is 6.92 Å². The summed E-state index contributed by atoms with van der Waals surface area (Å²) in [7, 11) is 2.00. The standard InChI is InChI=1S/C10H18N2O2/c1-6-8-5-12(10(13)14)4-7(8)3-9(6)11-2/h6-9,11H,3-5H2,1-2H3,(H,13,14). The van der Waals surface area contributed by atoms with E-state index in [0.717, 1.165) is 19.5 Å². The molecule has 1 saturated carbocycles. The van der Waals surface area contributed by atoms with Crippen molar-refractivity contribution >= 4 is 6.09 Å². The predicted molar refractivity (Wildman–Crippen MR) is 53.2 cm³/mol. The highest BCUT2D eigenvalue weighted by Gasteiger charge is 2.46. The van der Waals surface area contributed by atoms with Crippen LogP contribution in [0.2, 0.25) is 0 Å². The Hall–Kier alpha value is -0.770. The summed E-state index contributed by atoms with van der Waals surface area (Å²) in [4.78, 5) is 12.4. The first-order valence-corrected chi connectivity index (χ1v) is 5.28. The predicted octanol–water partition coefficient (Wildman–Crippen LogP) is 0.840. The summed E-state index contributed by atoms with van der Waals surface area (Å²) in [5.74, 6) is 1.76. The fraction of sp³-hybridized carbons (Fsp3) is 0.900. The third-order valence-electron chi connectivity index (χ3n) is 4.00. The lowest BCUT2D eigenvalue weighted by Crippen LogP contribution is -2.34. The molecule has 80 valence electrons. The molecular weight excluding hydrogens is 180 g/mol. The SMILES string of the molecule is CNC1CC2CN(C(=O)O)CC2C1C. The highest BCUT2D eigenvalue weighted by Crippen LogP contribution is 2.41. The largest absolute Gasteiger partial charge is 0.465 e. The zero-order valence-corrected chi connectivity index (χ0v) is 8.73. The second-order valence-corrected chi connectivity index (χ2v) is 4.60. The van der Waals surface area contributed by atoms with E-state index in [1.165, 1.54) is 0 Å². The number of fused-ring (bicyclic) bond motifs is 1. The van der Waals surface area contributed by atoms with Crippen molar-refractivity contribution in [3.63, 3.8) is 0 Å². The zero-order valence-electron chi connectivity index (χ0n) is 8.73. The number of rotatable bonds is 1. The molecule has 0 spiro atoms. The molecule has 4 heteroatoms. The smallest absolute Gasteiger partial charge is 0.407 e. The molecule has 1 aliphatic carbocycles. The van der Waals surface area contributed by atoms with Gasteiger partial charge in [0.1, 0.15) is 0 Å². The van der Waals surface area contributed by atoms with Crippen LogP contribution in [0, 0.1) is 17.8 Å². The molecule has 4 nitrogen and oxygen atoms in total. The Bertz CT molecular complexity index is 244. The van der Waals surface area contributed by atoms with Gasteiger partial charge in [0.15, 0.2) is 0 Å². The molecule has 0 radical (unpaired) electrons. The van der Waals surface area contributed by atoms with Gasteiger partial charge in [0.05, 0.1) is 0 Å². The summed E-state index contributed by atoms with van der Waals surface area (Å²) in [5.41, 5.74) is 0.